The topological polar surface area (TPSA) is 42.9 Å². The molecule has 0 N–H and O–H groups in total. The number of rotatable bonds is 3. The van der Waals surface area contributed by atoms with Crippen LogP contribution in [0.5, 0.6) is 0 Å². The van der Waals surface area contributed by atoms with Crippen molar-refractivity contribution in [1.29, 1.82) is 0 Å². The van der Waals surface area contributed by atoms with Gasteiger partial charge in [0.05, 0.1) is 5.56 Å². The Bertz CT molecular complexity index is 807. The molecule has 2 aromatic rings. The second-order valence-corrected chi connectivity index (χ2v) is 7.56. The van der Waals surface area contributed by atoms with Crippen LogP contribution in [0.15, 0.2) is 30.5 Å². The average molecular weight is 367 g/mol. The van der Waals surface area contributed by atoms with Crippen LogP contribution in [0.3, 0.4) is 0 Å². The van der Waals surface area contributed by atoms with Crippen LogP contribution in [0.1, 0.15) is 17.3 Å². The standard InChI is InChI=1S/C21H29N5O/c1-3-24-10-14-25(15-11-24)20-18-7-5-4-6-17(18)19(16-22-20)21(27)26-12-8-23(2)9-13-26/h4-7,16H,3,8-15H2,1-2H3. The molecule has 0 unspecified atom stereocenters. The lowest BCUT2D eigenvalue weighted by Gasteiger charge is -2.35. The lowest BCUT2D eigenvalue weighted by molar-refractivity contribution is 0.0665. The van der Waals surface area contributed by atoms with Gasteiger partial charge in [-0.2, -0.15) is 0 Å². The van der Waals surface area contributed by atoms with E-state index >= 15 is 0 Å². The lowest BCUT2D eigenvalue weighted by Crippen LogP contribution is -2.47. The van der Waals surface area contributed by atoms with E-state index in [2.05, 4.69) is 40.8 Å². The van der Waals surface area contributed by atoms with Crippen LogP contribution in [0.2, 0.25) is 0 Å². The van der Waals surface area contributed by atoms with E-state index in [9.17, 15) is 4.79 Å². The minimum absolute atomic E-state index is 0.106. The molecular weight excluding hydrogens is 338 g/mol. The van der Waals surface area contributed by atoms with Crippen molar-refractivity contribution in [3.63, 3.8) is 0 Å². The van der Waals surface area contributed by atoms with Gasteiger partial charge in [0.1, 0.15) is 5.82 Å². The van der Waals surface area contributed by atoms with Gasteiger partial charge in [-0.15, -0.1) is 0 Å². The highest BCUT2D eigenvalue weighted by atomic mass is 16.2. The summed E-state index contributed by atoms with van der Waals surface area (Å²) in [5.41, 5.74) is 0.728. The summed E-state index contributed by atoms with van der Waals surface area (Å²) in [6.45, 7) is 10.8. The highest BCUT2D eigenvalue weighted by Gasteiger charge is 2.24. The molecule has 6 nitrogen and oxygen atoms in total. The Balaban J connectivity index is 1.64. The van der Waals surface area contributed by atoms with Crippen molar-refractivity contribution >= 4 is 22.5 Å². The molecule has 2 aliphatic rings. The van der Waals surface area contributed by atoms with E-state index in [4.69, 9.17) is 4.98 Å². The van der Waals surface area contributed by atoms with E-state index in [-0.39, 0.29) is 5.91 Å². The SMILES string of the molecule is CCN1CCN(c2ncc(C(=O)N3CCN(C)CC3)c3ccccc23)CC1. The zero-order valence-corrected chi connectivity index (χ0v) is 16.4. The van der Waals surface area contributed by atoms with Gasteiger partial charge in [0.15, 0.2) is 0 Å². The Kier molecular flexibility index (Phi) is 5.27. The molecule has 3 heterocycles. The highest BCUT2D eigenvalue weighted by Crippen LogP contribution is 2.28. The molecule has 0 bridgehead atoms. The molecule has 1 aromatic heterocycles. The molecule has 144 valence electrons. The number of likely N-dealkylation sites (N-methyl/N-ethyl adjacent to an activating group) is 2. The second-order valence-electron chi connectivity index (χ2n) is 7.56. The van der Waals surface area contributed by atoms with Gasteiger partial charge in [0.25, 0.3) is 5.91 Å². The maximum absolute atomic E-state index is 13.1. The third kappa shape index (κ3) is 3.64. The van der Waals surface area contributed by atoms with Crippen molar-refractivity contribution in [2.75, 3.05) is 70.9 Å². The van der Waals surface area contributed by atoms with Crippen molar-refractivity contribution in [2.24, 2.45) is 0 Å². The summed E-state index contributed by atoms with van der Waals surface area (Å²) in [5, 5.41) is 2.10. The smallest absolute Gasteiger partial charge is 0.256 e. The third-order valence-electron chi connectivity index (χ3n) is 5.91. The summed E-state index contributed by atoms with van der Waals surface area (Å²) in [5.74, 6) is 1.12. The van der Waals surface area contributed by atoms with Crippen LogP contribution >= 0.6 is 0 Å². The minimum atomic E-state index is 0.106. The zero-order valence-electron chi connectivity index (χ0n) is 16.4. The van der Waals surface area contributed by atoms with E-state index in [1.807, 2.05) is 17.0 Å². The molecule has 1 aromatic carbocycles. The van der Waals surface area contributed by atoms with Gasteiger partial charge >= 0.3 is 0 Å². The maximum Gasteiger partial charge on any atom is 0.256 e. The van der Waals surface area contributed by atoms with Gasteiger partial charge in [-0.1, -0.05) is 31.2 Å². The number of anilines is 1. The molecule has 0 aliphatic carbocycles. The number of nitrogens with zero attached hydrogens (tertiary/aromatic N) is 5. The summed E-state index contributed by atoms with van der Waals surface area (Å²) < 4.78 is 0. The maximum atomic E-state index is 13.1. The van der Waals surface area contributed by atoms with Crippen LogP contribution in [-0.4, -0.2) is 91.5 Å². The number of carbonyl (C=O) groups excluding carboxylic acids is 1. The number of hydrogen-bond acceptors (Lipinski definition) is 5. The molecule has 1 amide bonds. The molecule has 2 aliphatic heterocycles. The predicted octanol–water partition coefficient (Wildman–Crippen LogP) is 1.76. The van der Waals surface area contributed by atoms with Crippen molar-refractivity contribution in [2.45, 2.75) is 6.92 Å². The van der Waals surface area contributed by atoms with Crippen LogP contribution in [-0.2, 0) is 0 Å². The fourth-order valence-corrected chi connectivity index (χ4v) is 4.06. The normalized spacial score (nSPS) is 19.6. The molecular formula is C21H29N5O. The Hall–Kier alpha value is -2.18. The summed E-state index contributed by atoms with van der Waals surface area (Å²) >= 11 is 0. The first-order chi connectivity index (χ1) is 13.2. The molecule has 27 heavy (non-hydrogen) atoms. The molecule has 0 spiro atoms. The summed E-state index contributed by atoms with van der Waals surface area (Å²) in [6, 6.07) is 8.22. The van der Waals surface area contributed by atoms with Crippen molar-refractivity contribution in [1.82, 2.24) is 19.7 Å². The molecule has 2 saturated heterocycles. The largest absolute Gasteiger partial charge is 0.354 e. The number of piperazine rings is 2. The number of aromatic nitrogens is 1. The molecule has 0 radical (unpaired) electrons. The predicted molar refractivity (Wildman–Crippen MR) is 109 cm³/mol. The van der Waals surface area contributed by atoms with Gasteiger partial charge in [-0.05, 0) is 19.0 Å². The second kappa shape index (κ2) is 7.82. The van der Waals surface area contributed by atoms with Crippen molar-refractivity contribution in [3.8, 4) is 0 Å². The van der Waals surface area contributed by atoms with Gasteiger partial charge in [0.2, 0.25) is 0 Å². The Labute approximate surface area is 161 Å². The minimum Gasteiger partial charge on any atom is -0.354 e. The fourth-order valence-electron chi connectivity index (χ4n) is 4.06. The van der Waals surface area contributed by atoms with Crippen molar-refractivity contribution in [3.05, 3.63) is 36.0 Å². The Morgan fingerprint density at radius 1 is 0.963 bits per heavy atom. The number of amides is 1. The van der Waals surface area contributed by atoms with Crippen LogP contribution in [0.4, 0.5) is 5.82 Å². The number of pyridine rings is 1. The first-order valence-electron chi connectivity index (χ1n) is 10.00. The van der Waals surface area contributed by atoms with Gasteiger partial charge in [-0.25, -0.2) is 4.98 Å². The third-order valence-corrected chi connectivity index (χ3v) is 5.91. The number of carbonyl (C=O) groups is 1. The fraction of sp³-hybridized carbons (Fsp3) is 0.524. The van der Waals surface area contributed by atoms with E-state index in [1.54, 1.807) is 6.20 Å². The number of hydrogen-bond donors (Lipinski definition) is 0. The summed E-state index contributed by atoms with van der Waals surface area (Å²) in [6.07, 6.45) is 1.80. The molecule has 4 rings (SSSR count). The average Bonchev–Trinajstić information content (AvgIpc) is 2.73. The number of fused-ring (bicyclic) bond motifs is 1. The van der Waals surface area contributed by atoms with E-state index in [1.165, 1.54) is 0 Å². The summed E-state index contributed by atoms with van der Waals surface area (Å²) in [4.78, 5) is 26.9. The number of benzene rings is 1. The van der Waals surface area contributed by atoms with E-state index in [0.717, 1.165) is 81.1 Å². The van der Waals surface area contributed by atoms with Gasteiger partial charge < -0.3 is 19.6 Å². The molecule has 6 heteroatoms. The summed E-state index contributed by atoms with van der Waals surface area (Å²) in [7, 11) is 2.10. The van der Waals surface area contributed by atoms with Crippen LogP contribution < -0.4 is 4.90 Å². The quantitative estimate of drug-likeness (QED) is 0.827. The molecule has 0 atom stereocenters. The van der Waals surface area contributed by atoms with Crippen molar-refractivity contribution < 1.29 is 4.79 Å². The Morgan fingerprint density at radius 2 is 1.63 bits per heavy atom. The molecule has 2 fully saturated rings. The first kappa shape index (κ1) is 18.2. The Morgan fingerprint density at radius 3 is 2.30 bits per heavy atom. The van der Waals surface area contributed by atoms with E-state index < -0.39 is 0 Å². The molecule has 0 saturated carbocycles. The lowest BCUT2D eigenvalue weighted by atomic mass is 10.0. The van der Waals surface area contributed by atoms with Crippen LogP contribution in [0.25, 0.3) is 10.8 Å². The van der Waals surface area contributed by atoms with Gasteiger partial charge in [0, 0.05) is 63.9 Å². The zero-order chi connectivity index (χ0) is 18.8. The van der Waals surface area contributed by atoms with Gasteiger partial charge in [-0.3, -0.25) is 4.79 Å². The van der Waals surface area contributed by atoms with Crippen LogP contribution in [0, 0.1) is 0 Å². The first-order valence-corrected chi connectivity index (χ1v) is 10.00. The van der Waals surface area contributed by atoms with E-state index in [0.29, 0.717) is 0 Å². The monoisotopic (exact) mass is 367 g/mol. The highest BCUT2D eigenvalue weighted by molar-refractivity contribution is 6.09.